The fraction of sp³-hybridized carbons (Fsp3) is 0.0455. The Morgan fingerprint density at radius 1 is 0.879 bits per heavy atom. The molecule has 0 bridgehead atoms. The molecular weight excluding hydrogens is 465 g/mol. The molecule has 0 spiro atoms. The molecule has 2 heterocycles. The van der Waals surface area contributed by atoms with Crippen molar-refractivity contribution in [2.45, 2.75) is 6.18 Å². The SMILES string of the molecule is Fc1cc(F)c2[nH]nc(Nc3nc(-c4cc(C(F)(F)F)ccc4Cl)nc4ccccc34)c2c1. The standard InChI is InChI=1S/C22H11ClF5N5/c23-15-6-5-10(22(26,27)28)7-13(15)20-29-17-4-2-1-3-12(17)19(30-20)31-21-14-8-11(24)9-16(25)18(14)32-33-21/h1-9H,(H2,29,30,31,32,33). The molecule has 5 nitrogen and oxygen atoms in total. The van der Waals surface area contributed by atoms with E-state index in [0.29, 0.717) is 10.9 Å². The van der Waals surface area contributed by atoms with Crippen LogP contribution in [0.1, 0.15) is 5.56 Å². The summed E-state index contributed by atoms with van der Waals surface area (Å²) in [4.78, 5) is 8.73. The number of hydrogen-bond donors (Lipinski definition) is 2. The quantitative estimate of drug-likeness (QED) is 0.279. The van der Waals surface area contributed by atoms with Gasteiger partial charge in [-0.25, -0.2) is 18.7 Å². The molecule has 0 saturated carbocycles. The number of aromatic amines is 1. The summed E-state index contributed by atoms with van der Waals surface area (Å²) < 4.78 is 67.5. The van der Waals surface area contributed by atoms with Crippen LogP contribution in [0.2, 0.25) is 5.02 Å². The summed E-state index contributed by atoms with van der Waals surface area (Å²) in [5.74, 6) is -1.44. The van der Waals surface area contributed by atoms with Crippen LogP contribution in [-0.2, 0) is 6.18 Å². The Hall–Kier alpha value is -3.79. The molecule has 5 aromatic rings. The van der Waals surface area contributed by atoms with E-state index >= 15 is 0 Å². The number of halogens is 6. The van der Waals surface area contributed by atoms with Crippen LogP contribution in [0.15, 0.2) is 54.6 Å². The van der Waals surface area contributed by atoms with Gasteiger partial charge in [0.25, 0.3) is 0 Å². The number of nitrogens with one attached hydrogen (secondary N) is 2. The summed E-state index contributed by atoms with van der Waals surface area (Å²) in [6.45, 7) is 0. The Morgan fingerprint density at radius 3 is 2.45 bits per heavy atom. The monoisotopic (exact) mass is 475 g/mol. The van der Waals surface area contributed by atoms with Crippen LogP contribution in [-0.4, -0.2) is 20.2 Å². The van der Waals surface area contributed by atoms with E-state index in [-0.39, 0.29) is 38.9 Å². The highest BCUT2D eigenvalue weighted by molar-refractivity contribution is 6.33. The molecule has 0 aliphatic heterocycles. The van der Waals surface area contributed by atoms with Gasteiger partial charge in [-0.3, -0.25) is 5.10 Å². The van der Waals surface area contributed by atoms with Gasteiger partial charge < -0.3 is 5.32 Å². The third-order valence-electron chi connectivity index (χ3n) is 4.96. The minimum Gasteiger partial charge on any atom is -0.322 e. The van der Waals surface area contributed by atoms with E-state index in [9.17, 15) is 22.0 Å². The van der Waals surface area contributed by atoms with E-state index in [4.69, 9.17) is 11.6 Å². The highest BCUT2D eigenvalue weighted by Crippen LogP contribution is 2.36. The first-order valence-electron chi connectivity index (χ1n) is 9.45. The van der Waals surface area contributed by atoms with Gasteiger partial charge in [0.2, 0.25) is 0 Å². The Kier molecular flexibility index (Phi) is 4.89. The van der Waals surface area contributed by atoms with Crippen molar-refractivity contribution in [3.05, 3.63) is 76.8 Å². The molecular formula is C22H11ClF5N5. The first-order valence-corrected chi connectivity index (χ1v) is 9.82. The molecule has 5 rings (SSSR count). The number of alkyl halides is 3. The van der Waals surface area contributed by atoms with Gasteiger partial charge in [-0.1, -0.05) is 23.7 Å². The summed E-state index contributed by atoms with van der Waals surface area (Å²) in [6.07, 6.45) is -4.58. The first-order chi connectivity index (χ1) is 15.7. The highest BCUT2D eigenvalue weighted by Gasteiger charge is 2.31. The van der Waals surface area contributed by atoms with Crippen molar-refractivity contribution in [3.8, 4) is 11.4 Å². The summed E-state index contributed by atoms with van der Waals surface area (Å²) >= 11 is 6.17. The molecule has 0 aliphatic carbocycles. The highest BCUT2D eigenvalue weighted by atomic mass is 35.5. The number of fused-ring (bicyclic) bond motifs is 2. The lowest BCUT2D eigenvalue weighted by Gasteiger charge is -2.13. The largest absolute Gasteiger partial charge is 0.416 e. The van der Waals surface area contributed by atoms with E-state index in [1.807, 2.05) is 0 Å². The van der Waals surface area contributed by atoms with Gasteiger partial charge in [0.15, 0.2) is 17.5 Å². The van der Waals surface area contributed by atoms with Gasteiger partial charge in [-0.05, 0) is 36.4 Å². The Labute approximate surface area is 187 Å². The summed E-state index contributed by atoms with van der Waals surface area (Å²) in [5.41, 5.74) is -0.532. The van der Waals surface area contributed by atoms with Crippen molar-refractivity contribution in [3.63, 3.8) is 0 Å². The molecule has 0 unspecified atom stereocenters. The molecule has 166 valence electrons. The smallest absolute Gasteiger partial charge is 0.322 e. The number of aromatic nitrogens is 4. The lowest BCUT2D eigenvalue weighted by atomic mass is 10.1. The fourth-order valence-electron chi connectivity index (χ4n) is 3.42. The van der Waals surface area contributed by atoms with Gasteiger partial charge in [-0.15, -0.1) is 0 Å². The van der Waals surface area contributed by atoms with E-state index in [0.717, 1.165) is 30.3 Å². The molecule has 2 aromatic heterocycles. The minimum atomic E-state index is -4.58. The van der Waals surface area contributed by atoms with Crippen LogP contribution in [0.3, 0.4) is 0 Å². The third-order valence-corrected chi connectivity index (χ3v) is 5.29. The normalized spacial score (nSPS) is 11.9. The molecule has 0 saturated heterocycles. The van der Waals surface area contributed by atoms with Crippen LogP contribution < -0.4 is 5.32 Å². The maximum atomic E-state index is 14.0. The van der Waals surface area contributed by atoms with Gasteiger partial charge in [0.1, 0.15) is 17.2 Å². The zero-order valence-corrected chi connectivity index (χ0v) is 17.1. The van der Waals surface area contributed by atoms with Crippen LogP contribution in [0, 0.1) is 11.6 Å². The van der Waals surface area contributed by atoms with Crippen molar-refractivity contribution in [1.29, 1.82) is 0 Å². The molecule has 3 aromatic carbocycles. The average molecular weight is 476 g/mol. The van der Waals surface area contributed by atoms with E-state index in [2.05, 4.69) is 25.5 Å². The van der Waals surface area contributed by atoms with Crippen molar-refractivity contribution in [2.24, 2.45) is 0 Å². The second-order valence-corrected chi connectivity index (χ2v) is 7.52. The number of rotatable bonds is 3. The molecule has 0 amide bonds. The molecule has 11 heteroatoms. The predicted octanol–water partition coefficient (Wildman–Crippen LogP) is 6.87. The lowest BCUT2D eigenvalue weighted by Crippen LogP contribution is -2.06. The number of H-pyrrole nitrogens is 1. The van der Waals surface area contributed by atoms with Gasteiger partial charge in [-0.2, -0.15) is 18.3 Å². The number of nitrogens with zero attached hydrogens (tertiary/aromatic N) is 3. The third kappa shape index (κ3) is 3.82. The zero-order chi connectivity index (χ0) is 23.3. The van der Waals surface area contributed by atoms with Gasteiger partial charge in [0.05, 0.1) is 21.5 Å². The predicted molar refractivity (Wildman–Crippen MR) is 114 cm³/mol. The van der Waals surface area contributed by atoms with E-state index in [1.165, 1.54) is 0 Å². The van der Waals surface area contributed by atoms with Gasteiger partial charge in [0, 0.05) is 17.0 Å². The van der Waals surface area contributed by atoms with Crippen molar-refractivity contribution < 1.29 is 22.0 Å². The second-order valence-electron chi connectivity index (χ2n) is 7.11. The topological polar surface area (TPSA) is 66.5 Å². The van der Waals surface area contributed by atoms with Crippen molar-refractivity contribution >= 4 is 45.0 Å². The Morgan fingerprint density at radius 2 is 1.67 bits per heavy atom. The number of para-hydroxylation sites is 1. The van der Waals surface area contributed by atoms with E-state index in [1.54, 1.807) is 24.3 Å². The molecule has 0 radical (unpaired) electrons. The molecule has 0 atom stereocenters. The van der Waals surface area contributed by atoms with Crippen LogP contribution in [0.4, 0.5) is 33.6 Å². The summed E-state index contributed by atoms with van der Waals surface area (Å²) in [7, 11) is 0. The Balaban J connectivity index is 1.69. The zero-order valence-electron chi connectivity index (χ0n) is 16.3. The number of anilines is 2. The number of hydrogen-bond acceptors (Lipinski definition) is 4. The second kappa shape index (κ2) is 7.66. The minimum absolute atomic E-state index is 0.0154. The summed E-state index contributed by atoms with van der Waals surface area (Å²) in [5, 5.41) is 10.1. The molecule has 0 fully saturated rings. The molecule has 2 N–H and O–H groups in total. The maximum absolute atomic E-state index is 14.0. The van der Waals surface area contributed by atoms with Crippen LogP contribution in [0.25, 0.3) is 33.2 Å². The first kappa shape index (κ1) is 21.1. The Bertz CT molecular complexity index is 1530. The average Bonchev–Trinajstić information content (AvgIpc) is 3.16. The van der Waals surface area contributed by atoms with Gasteiger partial charge >= 0.3 is 6.18 Å². The number of benzene rings is 3. The van der Waals surface area contributed by atoms with E-state index < -0.39 is 23.4 Å². The fourth-order valence-corrected chi connectivity index (χ4v) is 3.62. The van der Waals surface area contributed by atoms with Crippen molar-refractivity contribution in [1.82, 2.24) is 20.2 Å². The lowest BCUT2D eigenvalue weighted by molar-refractivity contribution is -0.137. The molecule has 33 heavy (non-hydrogen) atoms. The maximum Gasteiger partial charge on any atom is 0.416 e. The van der Waals surface area contributed by atoms with Crippen molar-refractivity contribution in [2.75, 3.05) is 5.32 Å². The molecule has 0 aliphatic rings. The van der Waals surface area contributed by atoms with Crippen LogP contribution in [0.5, 0.6) is 0 Å². The van der Waals surface area contributed by atoms with Crippen LogP contribution >= 0.6 is 11.6 Å². The summed E-state index contributed by atoms with van der Waals surface area (Å²) in [6, 6.07) is 11.4.